The molecule has 2 heterocycles. The van der Waals surface area contributed by atoms with E-state index in [0.29, 0.717) is 23.0 Å². The molecule has 0 radical (unpaired) electrons. The van der Waals surface area contributed by atoms with E-state index >= 15 is 0 Å². The molecule has 0 saturated carbocycles. The number of carbonyl (C=O) groups excluding carboxylic acids is 1. The number of thioether (sulfide) groups is 2. The maximum atomic E-state index is 12.6. The van der Waals surface area contributed by atoms with E-state index in [9.17, 15) is 4.79 Å². The lowest BCUT2D eigenvalue weighted by Gasteiger charge is -2.14. The first-order valence-electron chi connectivity index (χ1n) is 10.1. The third-order valence-electron chi connectivity index (χ3n) is 4.16. The number of carbonyl (C=O) groups is 1. The summed E-state index contributed by atoms with van der Waals surface area (Å²) < 4.78 is 1.37. The smallest absolute Gasteiger partial charge is 0.248 e. The third-order valence-corrected chi connectivity index (χ3v) is 6.67. The summed E-state index contributed by atoms with van der Waals surface area (Å²) in [6.07, 6.45) is 0. The molecule has 0 aliphatic carbocycles. The van der Waals surface area contributed by atoms with Crippen LogP contribution in [0.3, 0.4) is 0 Å². The Bertz CT molecular complexity index is 1040. The van der Waals surface area contributed by atoms with Crippen molar-refractivity contribution in [3.05, 3.63) is 65.6 Å². The van der Waals surface area contributed by atoms with Crippen molar-refractivity contribution in [2.24, 2.45) is 12.2 Å². The molecule has 0 unspecified atom stereocenters. The van der Waals surface area contributed by atoms with Gasteiger partial charge in [-0.2, -0.15) is 0 Å². The molecule has 2 aromatic heterocycles. The van der Waals surface area contributed by atoms with Gasteiger partial charge in [0, 0.05) is 12.6 Å². The molecule has 3 aromatic rings. The Morgan fingerprint density at radius 2 is 1.88 bits per heavy atom. The quantitative estimate of drug-likeness (QED) is 0.258. The van der Waals surface area contributed by atoms with E-state index in [2.05, 4.69) is 31.0 Å². The molecule has 0 aliphatic heterocycles. The van der Waals surface area contributed by atoms with Crippen molar-refractivity contribution in [2.75, 3.05) is 16.8 Å². The molecule has 1 aromatic carbocycles. The predicted molar refractivity (Wildman–Crippen MR) is 129 cm³/mol. The highest BCUT2D eigenvalue weighted by Crippen LogP contribution is 2.24. The third kappa shape index (κ3) is 6.54. The molecule has 32 heavy (non-hydrogen) atoms. The van der Waals surface area contributed by atoms with Crippen LogP contribution in [0.2, 0.25) is 0 Å². The Labute approximate surface area is 195 Å². The molecule has 0 atom stereocenters. The van der Waals surface area contributed by atoms with Crippen molar-refractivity contribution >= 4 is 41.0 Å². The molecule has 0 fully saturated rings. The van der Waals surface area contributed by atoms with Crippen molar-refractivity contribution < 1.29 is 9.63 Å². The standard InChI is InChI=1S/C21H25N7O2S2/c1-4-31-21(32-5-2)20(29)23-17-13-9-12-16(22-17)14-30-25-18(15-10-7-6-8-11-15)19-24-26-27-28(19)3/h6-13,21H,4-5,14H2,1-3H3,(H,22,23,29)/b25-18-. The molecule has 0 aliphatic rings. The number of benzene rings is 1. The van der Waals surface area contributed by atoms with Gasteiger partial charge in [-0.05, 0) is 34.1 Å². The van der Waals surface area contributed by atoms with Crippen LogP contribution in [0.5, 0.6) is 0 Å². The SMILES string of the molecule is CCSC(SCC)C(=O)Nc1cccc(CO/N=C(/c2ccccc2)c2nnnn2C)n1. The van der Waals surface area contributed by atoms with Crippen molar-refractivity contribution in [3.8, 4) is 0 Å². The molecule has 11 heteroatoms. The van der Waals surface area contributed by atoms with Crippen molar-refractivity contribution in [2.45, 2.75) is 25.0 Å². The number of oxime groups is 1. The van der Waals surface area contributed by atoms with Crippen LogP contribution in [0.15, 0.2) is 53.7 Å². The second-order valence-electron chi connectivity index (χ2n) is 6.45. The number of anilines is 1. The van der Waals surface area contributed by atoms with E-state index < -0.39 is 0 Å². The minimum absolute atomic E-state index is 0.0616. The van der Waals surface area contributed by atoms with Crippen LogP contribution in [0.4, 0.5) is 5.82 Å². The number of aromatic nitrogens is 5. The zero-order valence-electron chi connectivity index (χ0n) is 18.1. The van der Waals surface area contributed by atoms with E-state index in [1.165, 1.54) is 4.68 Å². The van der Waals surface area contributed by atoms with E-state index in [1.807, 2.05) is 56.3 Å². The molecule has 0 saturated heterocycles. The molecular formula is C21H25N7O2S2. The van der Waals surface area contributed by atoms with Crippen LogP contribution >= 0.6 is 23.5 Å². The van der Waals surface area contributed by atoms with Gasteiger partial charge in [0.25, 0.3) is 0 Å². The van der Waals surface area contributed by atoms with Gasteiger partial charge in [0.2, 0.25) is 11.7 Å². The van der Waals surface area contributed by atoms with E-state index in [1.54, 1.807) is 36.6 Å². The summed E-state index contributed by atoms with van der Waals surface area (Å²) in [5.41, 5.74) is 1.98. The number of pyridine rings is 1. The Morgan fingerprint density at radius 3 is 2.53 bits per heavy atom. The summed E-state index contributed by atoms with van der Waals surface area (Å²) in [6.45, 7) is 4.21. The molecule has 168 valence electrons. The van der Waals surface area contributed by atoms with E-state index in [-0.39, 0.29) is 17.1 Å². The Morgan fingerprint density at radius 1 is 1.12 bits per heavy atom. The fourth-order valence-electron chi connectivity index (χ4n) is 2.73. The topological polar surface area (TPSA) is 107 Å². The number of nitrogens with zero attached hydrogens (tertiary/aromatic N) is 6. The summed E-state index contributed by atoms with van der Waals surface area (Å²) in [5.74, 6) is 2.65. The lowest BCUT2D eigenvalue weighted by atomic mass is 10.1. The molecule has 1 N–H and O–H groups in total. The highest BCUT2D eigenvalue weighted by atomic mass is 32.2. The van der Waals surface area contributed by atoms with Gasteiger partial charge in [-0.15, -0.1) is 28.6 Å². The lowest BCUT2D eigenvalue weighted by molar-refractivity contribution is -0.114. The molecule has 3 rings (SSSR count). The van der Waals surface area contributed by atoms with E-state index in [0.717, 1.165) is 17.1 Å². The number of aryl methyl sites for hydroxylation is 1. The van der Waals surface area contributed by atoms with Crippen LogP contribution in [-0.4, -0.2) is 52.9 Å². The van der Waals surface area contributed by atoms with Crippen LogP contribution in [0.25, 0.3) is 0 Å². The molecular weight excluding hydrogens is 446 g/mol. The average molecular weight is 472 g/mol. The Hall–Kier alpha value is -2.92. The molecule has 1 amide bonds. The van der Waals surface area contributed by atoms with Gasteiger partial charge in [0.15, 0.2) is 12.3 Å². The minimum Gasteiger partial charge on any atom is -0.389 e. The van der Waals surface area contributed by atoms with Gasteiger partial charge < -0.3 is 10.2 Å². The first-order valence-corrected chi connectivity index (χ1v) is 12.2. The van der Waals surface area contributed by atoms with E-state index in [4.69, 9.17) is 4.84 Å². The maximum Gasteiger partial charge on any atom is 0.248 e. The predicted octanol–water partition coefficient (Wildman–Crippen LogP) is 3.35. The zero-order chi connectivity index (χ0) is 22.8. The van der Waals surface area contributed by atoms with Crippen molar-refractivity contribution in [1.82, 2.24) is 25.2 Å². The largest absolute Gasteiger partial charge is 0.389 e. The van der Waals surface area contributed by atoms with Crippen LogP contribution in [0.1, 0.15) is 30.9 Å². The average Bonchev–Trinajstić information content (AvgIpc) is 3.23. The summed E-state index contributed by atoms with van der Waals surface area (Å²) in [4.78, 5) is 22.6. The van der Waals surface area contributed by atoms with Gasteiger partial charge in [0.05, 0.1) is 5.69 Å². The minimum atomic E-state index is -0.162. The summed E-state index contributed by atoms with van der Waals surface area (Å²) in [5, 5.41) is 18.8. The lowest BCUT2D eigenvalue weighted by Crippen LogP contribution is -2.23. The van der Waals surface area contributed by atoms with Crippen LogP contribution in [0, 0.1) is 0 Å². The van der Waals surface area contributed by atoms with Crippen LogP contribution in [-0.2, 0) is 23.3 Å². The monoisotopic (exact) mass is 471 g/mol. The maximum absolute atomic E-state index is 12.6. The summed E-state index contributed by atoms with van der Waals surface area (Å²) in [6, 6.07) is 14.9. The van der Waals surface area contributed by atoms with Crippen molar-refractivity contribution in [3.63, 3.8) is 0 Å². The Balaban J connectivity index is 1.70. The molecule has 0 bridgehead atoms. The number of nitrogens with one attached hydrogen (secondary N) is 1. The highest BCUT2D eigenvalue weighted by molar-refractivity contribution is 8.18. The van der Waals surface area contributed by atoms with Gasteiger partial charge in [0.1, 0.15) is 10.4 Å². The highest BCUT2D eigenvalue weighted by Gasteiger charge is 2.19. The fourth-order valence-corrected chi connectivity index (χ4v) is 4.96. The number of amides is 1. The number of hydrogen-bond donors (Lipinski definition) is 1. The summed E-state index contributed by atoms with van der Waals surface area (Å²) in [7, 11) is 1.74. The normalized spacial score (nSPS) is 11.6. The van der Waals surface area contributed by atoms with Gasteiger partial charge >= 0.3 is 0 Å². The fraction of sp³-hybridized carbons (Fsp3) is 0.333. The molecule has 0 spiro atoms. The van der Waals surface area contributed by atoms with Crippen LogP contribution < -0.4 is 5.32 Å². The second kappa shape index (κ2) is 12.2. The number of rotatable bonds is 11. The van der Waals surface area contributed by atoms with Crippen molar-refractivity contribution in [1.29, 1.82) is 0 Å². The van der Waals surface area contributed by atoms with Gasteiger partial charge in [-0.3, -0.25) is 4.79 Å². The second-order valence-corrected chi connectivity index (χ2v) is 9.51. The summed E-state index contributed by atoms with van der Waals surface area (Å²) >= 11 is 3.22. The molecule has 9 nitrogen and oxygen atoms in total. The zero-order valence-corrected chi connectivity index (χ0v) is 19.8. The number of tetrazole rings is 1. The number of hydrogen-bond acceptors (Lipinski definition) is 9. The first-order chi connectivity index (χ1) is 15.6. The Kier molecular flexibility index (Phi) is 9.05. The van der Waals surface area contributed by atoms with Gasteiger partial charge in [-0.1, -0.05) is 55.4 Å². The van der Waals surface area contributed by atoms with Gasteiger partial charge in [-0.25, -0.2) is 9.67 Å². The first kappa shape index (κ1) is 23.7.